The summed E-state index contributed by atoms with van der Waals surface area (Å²) in [5.74, 6) is 0.802. The third kappa shape index (κ3) is 3.03. The summed E-state index contributed by atoms with van der Waals surface area (Å²) in [6, 6.07) is 0. The first kappa shape index (κ1) is 12.6. The van der Waals surface area contributed by atoms with Gasteiger partial charge in [-0.2, -0.15) is 0 Å². The fraction of sp³-hybridized carbons (Fsp3) is 0.700. The Morgan fingerprint density at radius 1 is 1.50 bits per heavy atom. The number of aromatic amines is 1. The van der Waals surface area contributed by atoms with Gasteiger partial charge in [-0.15, -0.1) is 5.10 Å². The molecule has 1 aromatic rings. The summed E-state index contributed by atoms with van der Waals surface area (Å²) in [5.41, 5.74) is 0. The Hall–Kier alpha value is -1.43. The molecule has 1 rings (SSSR count). The SMILES string of the molecule is CCc1nc(C(=O)N(CC)CCOC)n[nH]1. The number of rotatable bonds is 6. The lowest BCUT2D eigenvalue weighted by Gasteiger charge is -2.18. The number of aromatic nitrogens is 3. The van der Waals surface area contributed by atoms with Crippen LogP contribution < -0.4 is 0 Å². The van der Waals surface area contributed by atoms with Gasteiger partial charge in [0.15, 0.2) is 0 Å². The van der Waals surface area contributed by atoms with Crippen LogP contribution in [0.3, 0.4) is 0 Å². The highest BCUT2D eigenvalue weighted by molar-refractivity contribution is 5.90. The Bertz CT molecular complexity index is 337. The van der Waals surface area contributed by atoms with E-state index in [1.54, 1.807) is 12.0 Å². The largest absolute Gasteiger partial charge is 0.383 e. The smallest absolute Gasteiger partial charge is 0.293 e. The predicted molar refractivity (Wildman–Crippen MR) is 59.2 cm³/mol. The molecule has 0 fully saturated rings. The molecule has 0 aliphatic carbocycles. The van der Waals surface area contributed by atoms with E-state index in [0.717, 1.165) is 12.2 Å². The van der Waals surface area contributed by atoms with Crippen LogP contribution in [0.25, 0.3) is 0 Å². The van der Waals surface area contributed by atoms with Gasteiger partial charge in [-0.3, -0.25) is 9.89 Å². The minimum absolute atomic E-state index is 0.157. The van der Waals surface area contributed by atoms with Gasteiger partial charge in [-0.05, 0) is 6.92 Å². The van der Waals surface area contributed by atoms with Crippen LogP contribution in [0, 0.1) is 0 Å². The van der Waals surface area contributed by atoms with Crippen LogP contribution in [-0.2, 0) is 11.2 Å². The number of nitrogens with zero attached hydrogens (tertiary/aromatic N) is 3. The van der Waals surface area contributed by atoms with Gasteiger partial charge in [-0.25, -0.2) is 4.98 Å². The summed E-state index contributed by atoms with van der Waals surface area (Å²) in [6.07, 6.45) is 0.741. The van der Waals surface area contributed by atoms with Gasteiger partial charge in [0.1, 0.15) is 5.82 Å². The van der Waals surface area contributed by atoms with E-state index in [0.29, 0.717) is 19.7 Å². The lowest BCUT2D eigenvalue weighted by Crippen LogP contribution is -2.34. The lowest BCUT2D eigenvalue weighted by molar-refractivity contribution is 0.0695. The van der Waals surface area contributed by atoms with Gasteiger partial charge in [0.2, 0.25) is 5.82 Å². The second kappa shape index (κ2) is 6.22. The number of H-pyrrole nitrogens is 1. The van der Waals surface area contributed by atoms with Gasteiger partial charge in [0, 0.05) is 26.6 Å². The molecule has 0 aromatic carbocycles. The van der Waals surface area contributed by atoms with Crippen molar-refractivity contribution in [3.05, 3.63) is 11.6 Å². The Kier molecular flexibility index (Phi) is 4.91. The molecule has 0 spiro atoms. The van der Waals surface area contributed by atoms with Crippen LogP contribution in [0.15, 0.2) is 0 Å². The van der Waals surface area contributed by atoms with Crippen molar-refractivity contribution >= 4 is 5.91 Å². The molecular weight excluding hydrogens is 208 g/mol. The van der Waals surface area contributed by atoms with Crippen LogP contribution in [0.4, 0.5) is 0 Å². The molecular formula is C10H18N4O2. The van der Waals surface area contributed by atoms with E-state index in [1.807, 2.05) is 13.8 Å². The average Bonchev–Trinajstić information content (AvgIpc) is 2.78. The molecule has 1 aromatic heterocycles. The molecule has 0 saturated heterocycles. The highest BCUT2D eigenvalue weighted by Gasteiger charge is 2.18. The van der Waals surface area contributed by atoms with Crippen molar-refractivity contribution in [1.29, 1.82) is 0 Å². The lowest BCUT2D eigenvalue weighted by atomic mass is 10.4. The second-order valence-electron chi connectivity index (χ2n) is 3.34. The highest BCUT2D eigenvalue weighted by atomic mass is 16.5. The summed E-state index contributed by atoms with van der Waals surface area (Å²) in [5, 5.41) is 6.63. The van der Waals surface area contributed by atoms with Gasteiger partial charge < -0.3 is 9.64 Å². The first-order chi connectivity index (χ1) is 7.72. The van der Waals surface area contributed by atoms with Gasteiger partial charge in [-0.1, -0.05) is 6.92 Å². The minimum atomic E-state index is -0.157. The Labute approximate surface area is 95.0 Å². The van der Waals surface area contributed by atoms with Crippen molar-refractivity contribution in [3.8, 4) is 0 Å². The zero-order valence-electron chi connectivity index (χ0n) is 9.99. The van der Waals surface area contributed by atoms with Crippen LogP contribution in [0.2, 0.25) is 0 Å². The molecule has 6 heteroatoms. The van der Waals surface area contributed by atoms with E-state index in [-0.39, 0.29) is 11.7 Å². The van der Waals surface area contributed by atoms with Crippen molar-refractivity contribution < 1.29 is 9.53 Å². The molecule has 1 N–H and O–H groups in total. The maximum Gasteiger partial charge on any atom is 0.293 e. The topological polar surface area (TPSA) is 71.1 Å². The minimum Gasteiger partial charge on any atom is -0.383 e. The van der Waals surface area contributed by atoms with E-state index in [1.165, 1.54) is 0 Å². The average molecular weight is 226 g/mol. The van der Waals surface area contributed by atoms with E-state index in [2.05, 4.69) is 15.2 Å². The molecule has 6 nitrogen and oxygen atoms in total. The maximum absolute atomic E-state index is 11.9. The summed E-state index contributed by atoms with van der Waals surface area (Å²) in [7, 11) is 1.61. The molecule has 0 saturated carbocycles. The first-order valence-corrected chi connectivity index (χ1v) is 5.42. The Morgan fingerprint density at radius 2 is 2.25 bits per heavy atom. The van der Waals surface area contributed by atoms with E-state index in [9.17, 15) is 4.79 Å². The molecule has 0 atom stereocenters. The monoisotopic (exact) mass is 226 g/mol. The molecule has 1 heterocycles. The highest BCUT2D eigenvalue weighted by Crippen LogP contribution is 2.00. The predicted octanol–water partition coefficient (Wildman–Crippen LogP) is 0.476. The van der Waals surface area contributed by atoms with E-state index >= 15 is 0 Å². The van der Waals surface area contributed by atoms with Crippen LogP contribution in [-0.4, -0.2) is 52.8 Å². The van der Waals surface area contributed by atoms with Gasteiger partial charge in [0.25, 0.3) is 5.91 Å². The van der Waals surface area contributed by atoms with Crippen molar-refractivity contribution in [2.24, 2.45) is 0 Å². The number of methoxy groups -OCH3 is 1. The number of hydrogen-bond acceptors (Lipinski definition) is 4. The number of aryl methyl sites for hydroxylation is 1. The molecule has 90 valence electrons. The quantitative estimate of drug-likeness (QED) is 0.765. The normalized spacial score (nSPS) is 10.4. The van der Waals surface area contributed by atoms with Crippen molar-refractivity contribution in [1.82, 2.24) is 20.1 Å². The zero-order chi connectivity index (χ0) is 12.0. The van der Waals surface area contributed by atoms with Gasteiger partial charge >= 0.3 is 0 Å². The summed E-state index contributed by atoms with van der Waals surface area (Å²) in [6.45, 7) is 5.57. The molecule has 1 amide bonds. The van der Waals surface area contributed by atoms with E-state index in [4.69, 9.17) is 4.74 Å². The van der Waals surface area contributed by atoms with Crippen LogP contribution in [0.1, 0.15) is 30.3 Å². The second-order valence-corrected chi connectivity index (χ2v) is 3.34. The number of likely N-dealkylation sites (N-methyl/N-ethyl adjacent to an activating group) is 1. The Morgan fingerprint density at radius 3 is 2.75 bits per heavy atom. The number of amides is 1. The fourth-order valence-corrected chi connectivity index (χ4v) is 1.30. The molecule has 16 heavy (non-hydrogen) atoms. The standard InChI is InChI=1S/C10H18N4O2/c1-4-8-11-9(13-12-8)10(15)14(5-2)6-7-16-3/h4-7H2,1-3H3,(H,11,12,13). The maximum atomic E-state index is 11.9. The Balaban J connectivity index is 2.66. The van der Waals surface area contributed by atoms with Crippen molar-refractivity contribution in [2.75, 3.05) is 26.8 Å². The third-order valence-electron chi connectivity index (χ3n) is 2.29. The summed E-state index contributed by atoms with van der Waals surface area (Å²) in [4.78, 5) is 17.7. The number of carbonyl (C=O) groups is 1. The number of carbonyl (C=O) groups excluding carboxylic acids is 1. The van der Waals surface area contributed by atoms with Gasteiger partial charge in [0.05, 0.1) is 6.61 Å². The third-order valence-corrected chi connectivity index (χ3v) is 2.29. The molecule has 0 aliphatic heterocycles. The van der Waals surface area contributed by atoms with Crippen molar-refractivity contribution in [3.63, 3.8) is 0 Å². The van der Waals surface area contributed by atoms with Crippen LogP contribution >= 0.6 is 0 Å². The summed E-state index contributed by atoms with van der Waals surface area (Å²) < 4.78 is 4.94. The number of nitrogens with one attached hydrogen (secondary N) is 1. The summed E-state index contributed by atoms with van der Waals surface area (Å²) >= 11 is 0. The number of ether oxygens (including phenoxy) is 1. The zero-order valence-corrected chi connectivity index (χ0v) is 9.99. The van der Waals surface area contributed by atoms with E-state index < -0.39 is 0 Å². The fourth-order valence-electron chi connectivity index (χ4n) is 1.30. The molecule has 0 aliphatic rings. The molecule has 0 bridgehead atoms. The molecule has 0 radical (unpaired) electrons. The first-order valence-electron chi connectivity index (χ1n) is 5.42. The molecule has 0 unspecified atom stereocenters. The number of hydrogen-bond donors (Lipinski definition) is 1. The van der Waals surface area contributed by atoms with Crippen LogP contribution in [0.5, 0.6) is 0 Å². The van der Waals surface area contributed by atoms with Crippen molar-refractivity contribution in [2.45, 2.75) is 20.3 Å².